The van der Waals surface area contributed by atoms with Gasteiger partial charge in [0.05, 0.1) is 15.3 Å². The van der Waals surface area contributed by atoms with Crippen molar-refractivity contribution in [3.05, 3.63) is 54.6 Å². The first-order chi connectivity index (χ1) is 10.2. The standard InChI is InChI=1S/C16H18N2O3S/c1-16(2,17)15(19)18-12-7-6-10-14(11-12)22(20,21)13-8-4-3-5-9-13/h3-11H,17H2,1-2H3,(H,18,19). The fraction of sp³-hybridized carbons (Fsp3) is 0.188. The maximum absolute atomic E-state index is 12.5. The van der Waals surface area contributed by atoms with E-state index in [0.717, 1.165) is 0 Å². The number of hydrogen-bond donors (Lipinski definition) is 2. The predicted octanol–water partition coefficient (Wildman–Crippen LogP) is 2.20. The molecule has 0 aliphatic carbocycles. The van der Waals surface area contributed by atoms with Crippen LogP contribution in [0.25, 0.3) is 0 Å². The van der Waals surface area contributed by atoms with Crippen LogP contribution in [-0.4, -0.2) is 19.9 Å². The van der Waals surface area contributed by atoms with E-state index in [9.17, 15) is 13.2 Å². The van der Waals surface area contributed by atoms with Crippen molar-refractivity contribution in [2.75, 3.05) is 5.32 Å². The summed E-state index contributed by atoms with van der Waals surface area (Å²) in [5, 5.41) is 2.62. The lowest BCUT2D eigenvalue weighted by Crippen LogP contribution is -2.45. The number of carbonyl (C=O) groups is 1. The molecule has 0 radical (unpaired) electrons. The zero-order chi connectivity index (χ0) is 16.4. The number of nitrogens with two attached hydrogens (primary N) is 1. The monoisotopic (exact) mass is 318 g/mol. The van der Waals surface area contributed by atoms with Crippen LogP contribution in [0.4, 0.5) is 5.69 Å². The Labute approximate surface area is 130 Å². The number of rotatable bonds is 4. The molecule has 0 aliphatic heterocycles. The number of sulfone groups is 1. The van der Waals surface area contributed by atoms with Gasteiger partial charge in [-0.25, -0.2) is 8.42 Å². The Hall–Kier alpha value is -2.18. The van der Waals surface area contributed by atoms with Crippen LogP contribution < -0.4 is 11.1 Å². The predicted molar refractivity (Wildman–Crippen MR) is 85.2 cm³/mol. The van der Waals surface area contributed by atoms with Crippen LogP contribution in [-0.2, 0) is 14.6 Å². The molecular weight excluding hydrogens is 300 g/mol. The molecule has 0 unspecified atom stereocenters. The van der Waals surface area contributed by atoms with Gasteiger partial charge in [-0.05, 0) is 44.2 Å². The van der Waals surface area contributed by atoms with E-state index in [1.165, 1.54) is 24.3 Å². The highest BCUT2D eigenvalue weighted by molar-refractivity contribution is 7.91. The van der Waals surface area contributed by atoms with E-state index < -0.39 is 15.4 Å². The summed E-state index contributed by atoms with van der Waals surface area (Å²) in [4.78, 5) is 12.2. The van der Waals surface area contributed by atoms with Crippen LogP contribution in [0.15, 0.2) is 64.4 Å². The zero-order valence-electron chi connectivity index (χ0n) is 12.4. The van der Waals surface area contributed by atoms with Gasteiger partial charge in [0.2, 0.25) is 15.7 Å². The molecule has 22 heavy (non-hydrogen) atoms. The molecule has 0 aliphatic rings. The van der Waals surface area contributed by atoms with Crippen molar-refractivity contribution in [3.8, 4) is 0 Å². The highest BCUT2D eigenvalue weighted by Crippen LogP contribution is 2.23. The topological polar surface area (TPSA) is 89.3 Å². The van der Waals surface area contributed by atoms with E-state index in [0.29, 0.717) is 5.69 Å². The van der Waals surface area contributed by atoms with Crippen molar-refractivity contribution in [1.29, 1.82) is 0 Å². The van der Waals surface area contributed by atoms with Gasteiger partial charge in [-0.2, -0.15) is 0 Å². The zero-order valence-corrected chi connectivity index (χ0v) is 13.2. The van der Waals surface area contributed by atoms with E-state index in [-0.39, 0.29) is 15.7 Å². The lowest BCUT2D eigenvalue weighted by atomic mass is 10.1. The van der Waals surface area contributed by atoms with Gasteiger partial charge in [0.1, 0.15) is 0 Å². The van der Waals surface area contributed by atoms with Crippen molar-refractivity contribution < 1.29 is 13.2 Å². The first kappa shape index (κ1) is 16.2. The number of anilines is 1. The van der Waals surface area contributed by atoms with Crippen LogP contribution in [0, 0.1) is 0 Å². The minimum Gasteiger partial charge on any atom is -0.324 e. The second kappa shape index (κ2) is 5.90. The van der Waals surface area contributed by atoms with Crippen LogP contribution in [0.2, 0.25) is 0 Å². The third-order valence-electron chi connectivity index (χ3n) is 3.04. The molecule has 0 heterocycles. The van der Waals surface area contributed by atoms with Gasteiger partial charge in [-0.3, -0.25) is 4.79 Å². The molecule has 0 fully saturated rings. The van der Waals surface area contributed by atoms with E-state index in [1.54, 1.807) is 44.2 Å². The smallest absolute Gasteiger partial charge is 0.243 e. The Morgan fingerprint density at radius 2 is 1.59 bits per heavy atom. The first-order valence-electron chi connectivity index (χ1n) is 6.72. The second-order valence-electron chi connectivity index (χ2n) is 5.52. The van der Waals surface area contributed by atoms with Gasteiger partial charge in [-0.15, -0.1) is 0 Å². The molecule has 0 saturated heterocycles. The lowest BCUT2D eigenvalue weighted by molar-refractivity contribution is -0.120. The second-order valence-corrected chi connectivity index (χ2v) is 7.47. The summed E-state index contributed by atoms with van der Waals surface area (Å²) in [6, 6.07) is 14.2. The molecular formula is C16H18N2O3S. The maximum Gasteiger partial charge on any atom is 0.243 e. The molecule has 3 N–H and O–H groups in total. The summed E-state index contributed by atoms with van der Waals surface area (Å²) in [6.07, 6.45) is 0. The van der Waals surface area contributed by atoms with Gasteiger partial charge in [0.25, 0.3) is 0 Å². The number of amides is 1. The molecule has 0 spiro atoms. The molecule has 116 valence electrons. The summed E-state index contributed by atoms with van der Waals surface area (Å²) < 4.78 is 25.1. The highest BCUT2D eigenvalue weighted by Gasteiger charge is 2.23. The van der Waals surface area contributed by atoms with Crippen molar-refractivity contribution in [2.45, 2.75) is 29.2 Å². The van der Waals surface area contributed by atoms with E-state index >= 15 is 0 Å². The first-order valence-corrected chi connectivity index (χ1v) is 8.20. The fourth-order valence-electron chi connectivity index (χ4n) is 1.77. The van der Waals surface area contributed by atoms with Crippen molar-refractivity contribution in [1.82, 2.24) is 0 Å². The number of nitrogens with one attached hydrogen (secondary N) is 1. The van der Waals surface area contributed by atoms with Crippen molar-refractivity contribution in [3.63, 3.8) is 0 Å². The van der Waals surface area contributed by atoms with E-state index in [2.05, 4.69) is 5.32 Å². The van der Waals surface area contributed by atoms with Crippen LogP contribution in [0.1, 0.15) is 13.8 Å². The lowest BCUT2D eigenvalue weighted by Gasteiger charge is -2.18. The average molecular weight is 318 g/mol. The number of hydrogen-bond acceptors (Lipinski definition) is 4. The number of benzene rings is 2. The molecule has 0 atom stereocenters. The Morgan fingerprint density at radius 3 is 2.18 bits per heavy atom. The third kappa shape index (κ3) is 3.52. The molecule has 0 bridgehead atoms. The molecule has 2 aromatic carbocycles. The van der Waals surface area contributed by atoms with Crippen LogP contribution >= 0.6 is 0 Å². The van der Waals surface area contributed by atoms with Crippen LogP contribution in [0.5, 0.6) is 0 Å². The maximum atomic E-state index is 12.5. The molecule has 5 nitrogen and oxygen atoms in total. The Bertz CT molecular complexity index is 779. The van der Waals surface area contributed by atoms with Crippen LogP contribution in [0.3, 0.4) is 0 Å². The van der Waals surface area contributed by atoms with E-state index in [4.69, 9.17) is 5.73 Å². The summed E-state index contributed by atoms with van der Waals surface area (Å²) >= 11 is 0. The molecule has 2 rings (SSSR count). The largest absolute Gasteiger partial charge is 0.324 e. The van der Waals surface area contributed by atoms with Gasteiger partial charge >= 0.3 is 0 Å². The summed E-state index contributed by atoms with van der Waals surface area (Å²) in [5.41, 5.74) is 5.05. The molecule has 0 saturated carbocycles. The van der Waals surface area contributed by atoms with Gasteiger partial charge in [-0.1, -0.05) is 24.3 Å². The van der Waals surface area contributed by atoms with E-state index in [1.807, 2.05) is 0 Å². The summed E-state index contributed by atoms with van der Waals surface area (Å²) in [7, 11) is -3.62. The normalized spacial score (nSPS) is 12.0. The molecule has 2 aromatic rings. The van der Waals surface area contributed by atoms with Crippen molar-refractivity contribution in [2.24, 2.45) is 5.73 Å². The summed E-state index contributed by atoms with van der Waals surface area (Å²) in [6.45, 7) is 3.15. The minimum atomic E-state index is -3.62. The highest BCUT2D eigenvalue weighted by atomic mass is 32.2. The average Bonchev–Trinajstić information content (AvgIpc) is 2.47. The van der Waals surface area contributed by atoms with Gasteiger partial charge in [0, 0.05) is 5.69 Å². The SMILES string of the molecule is CC(C)(N)C(=O)Nc1cccc(S(=O)(=O)c2ccccc2)c1. The third-order valence-corrected chi connectivity index (χ3v) is 4.81. The van der Waals surface area contributed by atoms with Gasteiger partial charge in [0.15, 0.2) is 0 Å². The van der Waals surface area contributed by atoms with Gasteiger partial charge < -0.3 is 11.1 Å². The fourth-order valence-corrected chi connectivity index (χ4v) is 3.10. The summed E-state index contributed by atoms with van der Waals surface area (Å²) in [5.74, 6) is -0.387. The molecule has 6 heteroatoms. The Balaban J connectivity index is 2.35. The van der Waals surface area contributed by atoms with Crippen molar-refractivity contribution >= 4 is 21.4 Å². The number of carbonyl (C=O) groups excluding carboxylic acids is 1. The molecule has 0 aromatic heterocycles. The quantitative estimate of drug-likeness (QED) is 0.904. The Morgan fingerprint density at radius 1 is 1.00 bits per heavy atom. The molecule has 1 amide bonds. The Kier molecular flexibility index (Phi) is 4.35. The minimum absolute atomic E-state index is 0.117.